The van der Waals surface area contributed by atoms with Crippen LogP contribution in [-0.4, -0.2) is 50.5 Å². The Morgan fingerprint density at radius 3 is 2.06 bits per heavy atom. The Labute approximate surface area is 210 Å². The normalized spacial score (nSPS) is 12.2. The molecule has 0 aromatic heterocycles. The summed E-state index contributed by atoms with van der Waals surface area (Å²) in [5.41, 5.74) is 4.21. The number of aryl methyl sites for hydroxylation is 3. The molecule has 0 aliphatic rings. The monoisotopic (exact) mass is 501 g/mol. The molecule has 1 atom stereocenters. The van der Waals surface area contributed by atoms with Gasteiger partial charge in [0, 0.05) is 13.1 Å². The van der Waals surface area contributed by atoms with E-state index < -0.39 is 22.0 Å². The first-order valence-corrected chi connectivity index (χ1v) is 14.0. The Morgan fingerprint density at radius 2 is 1.54 bits per heavy atom. The van der Waals surface area contributed by atoms with Crippen LogP contribution in [0, 0.1) is 20.8 Å². The maximum Gasteiger partial charge on any atom is 0.244 e. The molecule has 0 radical (unpaired) electrons. The third kappa shape index (κ3) is 8.38. The van der Waals surface area contributed by atoms with Crippen LogP contribution in [0.1, 0.15) is 55.4 Å². The topological polar surface area (TPSA) is 86.8 Å². The van der Waals surface area contributed by atoms with Gasteiger partial charge in [0.1, 0.15) is 12.6 Å². The number of hydrogen-bond acceptors (Lipinski definition) is 4. The molecular weight excluding hydrogens is 462 g/mol. The fourth-order valence-corrected chi connectivity index (χ4v) is 4.86. The zero-order valence-corrected chi connectivity index (χ0v) is 22.6. The van der Waals surface area contributed by atoms with Gasteiger partial charge >= 0.3 is 0 Å². The second kappa shape index (κ2) is 12.7. The molecule has 1 N–H and O–H groups in total. The number of sulfonamides is 1. The molecule has 0 heterocycles. The van der Waals surface area contributed by atoms with Crippen molar-refractivity contribution in [3.63, 3.8) is 0 Å². The number of benzene rings is 2. The number of nitrogens with one attached hydrogen (secondary N) is 1. The van der Waals surface area contributed by atoms with Gasteiger partial charge in [-0.25, -0.2) is 8.42 Å². The summed E-state index contributed by atoms with van der Waals surface area (Å²) in [4.78, 5) is 28.2. The third-order valence-corrected chi connectivity index (χ3v) is 7.00. The Balaban J connectivity index is 2.42. The van der Waals surface area contributed by atoms with Gasteiger partial charge in [-0.2, -0.15) is 0 Å². The molecule has 0 fully saturated rings. The molecule has 0 aliphatic carbocycles. The summed E-state index contributed by atoms with van der Waals surface area (Å²) >= 11 is 0. The molecule has 0 saturated carbocycles. The van der Waals surface area contributed by atoms with Crippen LogP contribution in [0.4, 0.5) is 5.69 Å². The number of amides is 2. The second-order valence-corrected chi connectivity index (χ2v) is 11.1. The quantitative estimate of drug-likeness (QED) is 0.444. The molecule has 0 unspecified atom stereocenters. The molecule has 0 aliphatic heterocycles. The maximum absolute atomic E-state index is 13.7. The van der Waals surface area contributed by atoms with Crippen LogP contribution in [0.2, 0.25) is 0 Å². The van der Waals surface area contributed by atoms with Crippen molar-refractivity contribution >= 4 is 27.5 Å². The van der Waals surface area contributed by atoms with Crippen LogP contribution in [-0.2, 0) is 26.2 Å². The first kappa shape index (κ1) is 28.4. The van der Waals surface area contributed by atoms with Gasteiger partial charge in [0.25, 0.3) is 0 Å². The molecule has 2 rings (SSSR count). The van der Waals surface area contributed by atoms with Gasteiger partial charge in [0.15, 0.2) is 0 Å². The number of rotatable bonds is 12. The Hall–Kier alpha value is -2.87. The molecule has 0 spiro atoms. The number of anilines is 1. The van der Waals surface area contributed by atoms with Crippen molar-refractivity contribution in [3.8, 4) is 0 Å². The van der Waals surface area contributed by atoms with Crippen molar-refractivity contribution in [1.82, 2.24) is 10.2 Å². The first-order chi connectivity index (χ1) is 16.5. The molecule has 2 aromatic carbocycles. The smallest absolute Gasteiger partial charge is 0.244 e. The summed E-state index contributed by atoms with van der Waals surface area (Å²) in [5, 5.41) is 2.93. The van der Waals surface area contributed by atoms with E-state index in [-0.39, 0.29) is 19.0 Å². The van der Waals surface area contributed by atoms with Crippen LogP contribution >= 0.6 is 0 Å². The predicted octanol–water partition coefficient (Wildman–Crippen LogP) is 4.10. The van der Waals surface area contributed by atoms with Gasteiger partial charge in [-0.05, 0) is 62.4 Å². The minimum atomic E-state index is -3.74. The Morgan fingerprint density at radius 1 is 0.943 bits per heavy atom. The van der Waals surface area contributed by atoms with Crippen molar-refractivity contribution in [3.05, 3.63) is 64.7 Å². The van der Waals surface area contributed by atoms with E-state index in [1.54, 1.807) is 12.1 Å². The van der Waals surface area contributed by atoms with E-state index in [2.05, 4.69) is 5.32 Å². The van der Waals surface area contributed by atoms with Crippen LogP contribution in [0.5, 0.6) is 0 Å². The van der Waals surface area contributed by atoms with Crippen molar-refractivity contribution < 1.29 is 18.0 Å². The standard InChI is InChI=1S/C27H39N3O4S/c1-7-9-14-28-27(32)25(8-2)29(18-23-12-10-20(3)11-13-23)26(31)19-30(35(6,33)34)24-16-21(4)15-22(5)17-24/h10-13,15-17,25H,7-9,14,18-19H2,1-6H3,(H,28,32)/t25-/m0/s1. The van der Waals surface area contributed by atoms with Gasteiger partial charge in [-0.15, -0.1) is 0 Å². The van der Waals surface area contributed by atoms with E-state index >= 15 is 0 Å². The lowest BCUT2D eigenvalue weighted by atomic mass is 10.1. The molecular formula is C27H39N3O4S. The van der Waals surface area contributed by atoms with E-state index in [9.17, 15) is 18.0 Å². The van der Waals surface area contributed by atoms with Gasteiger partial charge in [-0.1, -0.05) is 56.2 Å². The van der Waals surface area contributed by atoms with Crippen LogP contribution in [0.25, 0.3) is 0 Å². The number of unbranched alkanes of at least 4 members (excludes halogenated alkanes) is 1. The summed E-state index contributed by atoms with van der Waals surface area (Å²) in [7, 11) is -3.74. The molecule has 192 valence electrons. The largest absolute Gasteiger partial charge is 0.354 e. The molecule has 0 saturated heterocycles. The minimum absolute atomic E-state index is 0.212. The predicted molar refractivity (Wildman–Crippen MR) is 142 cm³/mol. The summed E-state index contributed by atoms with van der Waals surface area (Å²) < 4.78 is 26.6. The SMILES string of the molecule is CCCCNC(=O)[C@H](CC)N(Cc1ccc(C)cc1)C(=O)CN(c1cc(C)cc(C)c1)S(C)(=O)=O. The van der Waals surface area contributed by atoms with Crippen molar-refractivity contribution in [2.75, 3.05) is 23.7 Å². The molecule has 2 aromatic rings. The second-order valence-electron chi connectivity index (χ2n) is 9.19. The number of carbonyl (C=O) groups is 2. The third-order valence-electron chi connectivity index (χ3n) is 5.86. The molecule has 7 nitrogen and oxygen atoms in total. The summed E-state index contributed by atoms with van der Waals surface area (Å²) in [6, 6.07) is 12.5. The van der Waals surface area contributed by atoms with E-state index in [1.807, 2.05) is 65.0 Å². The fourth-order valence-electron chi connectivity index (χ4n) is 4.02. The zero-order valence-electron chi connectivity index (χ0n) is 21.8. The number of carbonyl (C=O) groups excluding carboxylic acids is 2. The Kier molecular flexibility index (Phi) is 10.3. The summed E-state index contributed by atoms with van der Waals surface area (Å²) in [6.07, 6.45) is 3.31. The van der Waals surface area contributed by atoms with Crippen LogP contribution in [0.3, 0.4) is 0 Å². The average molecular weight is 502 g/mol. The lowest BCUT2D eigenvalue weighted by molar-refractivity contribution is -0.140. The fraction of sp³-hybridized carbons (Fsp3) is 0.481. The molecule has 8 heteroatoms. The van der Waals surface area contributed by atoms with E-state index in [1.165, 1.54) is 4.90 Å². The number of hydrogen-bond donors (Lipinski definition) is 1. The lowest BCUT2D eigenvalue weighted by Gasteiger charge is -2.33. The summed E-state index contributed by atoms with van der Waals surface area (Å²) in [5.74, 6) is -0.647. The zero-order chi connectivity index (χ0) is 26.2. The van der Waals surface area contributed by atoms with Crippen molar-refractivity contribution in [1.29, 1.82) is 0 Å². The molecule has 0 bridgehead atoms. The molecule has 2 amide bonds. The minimum Gasteiger partial charge on any atom is -0.354 e. The van der Waals surface area contributed by atoms with Crippen LogP contribution < -0.4 is 9.62 Å². The first-order valence-electron chi connectivity index (χ1n) is 12.1. The van der Waals surface area contributed by atoms with Crippen molar-refractivity contribution in [2.24, 2.45) is 0 Å². The number of nitrogens with zero attached hydrogens (tertiary/aromatic N) is 2. The average Bonchev–Trinajstić information content (AvgIpc) is 2.77. The highest BCUT2D eigenvalue weighted by molar-refractivity contribution is 7.92. The van der Waals surface area contributed by atoms with Crippen LogP contribution in [0.15, 0.2) is 42.5 Å². The van der Waals surface area contributed by atoms with Gasteiger partial charge in [0.2, 0.25) is 21.8 Å². The highest BCUT2D eigenvalue weighted by Crippen LogP contribution is 2.22. The highest BCUT2D eigenvalue weighted by atomic mass is 32.2. The highest BCUT2D eigenvalue weighted by Gasteiger charge is 2.31. The maximum atomic E-state index is 13.7. The Bertz CT molecular complexity index is 1090. The van der Waals surface area contributed by atoms with E-state index in [0.29, 0.717) is 18.7 Å². The van der Waals surface area contributed by atoms with Crippen molar-refractivity contribution in [2.45, 2.75) is 66.5 Å². The van der Waals surface area contributed by atoms with E-state index in [0.717, 1.165) is 45.7 Å². The molecule has 35 heavy (non-hydrogen) atoms. The van der Waals surface area contributed by atoms with Gasteiger partial charge < -0.3 is 10.2 Å². The summed E-state index contributed by atoms with van der Waals surface area (Å²) in [6.45, 7) is 10.0. The van der Waals surface area contributed by atoms with Gasteiger partial charge in [-0.3, -0.25) is 13.9 Å². The lowest BCUT2D eigenvalue weighted by Crippen LogP contribution is -2.52. The van der Waals surface area contributed by atoms with Gasteiger partial charge in [0.05, 0.1) is 11.9 Å². The van der Waals surface area contributed by atoms with E-state index in [4.69, 9.17) is 0 Å².